The van der Waals surface area contributed by atoms with Crippen molar-refractivity contribution in [2.45, 2.75) is 33.2 Å². The fraction of sp³-hybridized carbons (Fsp3) is 0.350. The molecular formula is C20H27ClN2O3. The van der Waals surface area contributed by atoms with Gasteiger partial charge in [0.25, 0.3) is 5.91 Å². The van der Waals surface area contributed by atoms with E-state index in [1.54, 1.807) is 18.2 Å². The van der Waals surface area contributed by atoms with Gasteiger partial charge in [-0.1, -0.05) is 26.0 Å². The van der Waals surface area contributed by atoms with Crippen LogP contribution >= 0.6 is 12.4 Å². The zero-order chi connectivity index (χ0) is 18.1. The maximum Gasteiger partial charge on any atom is 0.255 e. The number of nitrogens with one attached hydrogen (secondary N) is 1. The van der Waals surface area contributed by atoms with Gasteiger partial charge in [0.15, 0.2) is 11.5 Å². The lowest BCUT2D eigenvalue weighted by atomic mass is 10.1. The number of hydrogen-bond acceptors (Lipinski definition) is 4. The van der Waals surface area contributed by atoms with Gasteiger partial charge in [-0.2, -0.15) is 0 Å². The summed E-state index contributed by atoms with van der Waals surface area (Å²) in [7, 11) is 0. The van der Waals surface area contributed by atoms with Crippen LogP contribution in [0.4, 0.5) is 5.69 Å². The molecule has 2 rings (SSSR count). The maximum absolute atomic E-state index is 12.4. The number of ether oxygens (including phenoxy) is 2. The molecule has 2 aromatic carbocycles. The quantitative estimate of drug-likeness (QED) is 0.678. The number of halogens is 1. The van der Waals surface area contributed by atoms with Crippen molar-refractivity contribution in [1.82, 2.24) is 0 Å². The van der Waals surface area contributed by atoms with E-state index >= 15 is 0 Å². The highest BCUT2D eigenvalue weighted by Gasteiger charge is 2.10. The average molecular weight is 379 g/mol. The highest BCUT2D eigenvalue weighted by Crippen LogP contribution is 2.31. The summed E-state index contributed by atoms with van der Waals surface area (Å²) in [4.78, 5) is 12.4. The van der Waals surface area contributed by atoms with Gasteiger partial charge in [-0.05, 0) is 42.7 Å². The van der Waals surface area contributed by atoms with E-state index < -0.39 is 0 Å². The summed E-state index contributed by atoms with van der Waals surface area (Å²) in [5.41, 5.74) is 7.82. The SMILES string of the molecule is CCCOc1ccc(NC(=O)c2ccc(CN)cc2)cc1OCCC.Cl. The molecule has 0 radical (unpaired) electrons. The lowest BCUT2D eigenvalue weighted by Crippen LogP contribution is -2.12. The Hall–Kier alpha value is -2.24. The number of carbonyl (C=O) groups is 1. The highest BCUT2D eigenvalue weighted by atomic mass is 35.5. The van der Waals surface area contributed by atoms with Gasteiger partial charge < -0.3 is 20.5 Å². The number of benzene rings is 2. The second-order valence-electron chi connectivity index (χ2n) is 5.71. The molecule has 0 saturated carbocycles. The Kier molecular flexibility index (Phi) is 9.55. The van der Waals surface area contributed by atoms with Crippen LogP contribution in [0.3, 0.4) is 0 Å². The first-order chi connectivity index (χ1) is 12.2. The Labute approximate surface area is 161 Å². The zero-order valence-corrected chi connectivity index (χ0v) is 16.1. The van der Waals surface area contributed by atoms with Crippen molar-refractivity contribution >= 4 is 24.0 Å². The standard InChI is InChI=1S/C20H26N2O3.ClH/c1-3-11-24-18-10-9-17(13-19(18)25-12-4-2)22-20(23)16-7-5-15(14-21)6-8-16;/h5-10,13H,3-4,11-12,14,21H2,1-2H3,(H,22,23);1H. The van der Waals surface area contributed by atoms with Crippen LogP contribution in [-0.2, 0) is 6.54 Å². The Morgan fingerprint density at radius 3 is 2.15 bits per heavy atom. The lowest BCUT2D eigenvalue weighted by Gasteiger charge is -2.14. The lowest BCUT2D eigenvalue weighted by molar-refractivity contribution is 0.102. The molecule has 0 aliphatic carbocycles. The minimum Gasteiger partial charge on any atom is -0.490 e. The van der Waals surface area contributed by atoms with Crippen LogP contribution < -0.4 is 20.5 Å². The second-order valence-corrected chi connectivity index (χ2v) is 5.71. The van der Waals surface area contributed by atoms with E-state index in [9.17, 15) is 4.79 Å². The van der Waals surface area contributed by atoms with Crippen molar-refractivity contribution in [2.75, 3.05) is 18.5 Å². The van der Waals surface area contributed by atoms with Crippen LogP contribution in [0.25, 0.3) is 0 Å². The Morgan fingerprint density at radius 2 is 1.58 bits per heavy atom. The van der Waals surface area contributed by atoms with Crippen molar-refractivity contribution < 1.29 is 14.3 Å². The molecule has 0 aliphatic heterocycles. The van der Waals surface area contributed by atoms with E-state index in [1.807, 2.05) is 31.2 Å². The van der Waals surface area contributed by atoms with Gasteiger partial charge in [0.2, 0.25) is 0 Å². The molecule has 142 valence electrons. The zero-order valence-electron chi connectivity index (χ0n) is 15.3. The van der Waals surface area contributed by atoms with Gasteiger partial charge in [-0.25, -0.2) is 0 Å². The van der Waals surface area contributed by atoms with Gasteiger partial charge in [-0.3, -0.25) is 4.79 Å². The minimum atomic E-state index is -0.174. The van der Waals surface area contributed by atoms with Gasteiger partial charge >= 0.3 is 0 Å². The minimum absolute atomic E-state index is 0. The third-order valence-electron chi connectivity index (χ3n) is 3.58. The van der Waals surface area contributed by atoms with Crippen LogP contribution in [0.2, 0.25) is 0 Å². The van der Waals surface area contributed by atoms with Gasteiger partial charge in [-0.15, -0.1) is 12.4 Å². The fourth-order valence-corrected chi connectivity index (χ4v) is 2.24. The first kappa shape index (κ1) is 21.8. The predicted molar refractivity (Wildman–Crippen MR) is 108 cm³/mol. The first-order valence-electron chi connectivity index (χ1n) is 8.68. The molecule has 0 spiro atoms. The van der Waals surface area contributed by atoms with Gasteiger partial charge in [0.1, 0.15) is 0 Å². The number of amides is 1. The van der Waals surface area contributed by atoms with Gasteiger partial charge in [0, 0.05) is 23.9 Å². The molecule has 0 heterocycles. The maximum atomic E-state index is 12.4. The summed E-state index contributed by atoms with van der Waals surface area (Å²) in [6.07, 6.45) is 1.82. The molecule has 2 aromatic rings. The van der Waals surface area contributed by atoms with Crippen LogP contribution in [0.5, 0.6) is 11.5 Å². The summed E-state index contributed by atoms with van der Waals surface area (Å²) in [5, 5.41) is 2.89. The van der Waals surface area contributed by atoms with Crippen molar-refractivity contribution in [2.24, 2.45) is 5.73 Å². The third kappa shape index (κ3) is 6.24. The van der Waals surface area contributed by atoms with E-state index in [2.05, 4.69) is 12.2 Å². The van der Waals surface area contributed by atoms with E-state index in [0.717, 1.165) is 18.4 Å². The Bertz CT molecular complexity index is 690. The van der Waals surface area contributed by atoms with Crippen LogP contribution in [0.1, 0.15) is 42.6 Å². The molecule has 0 aliphatic rings. The summed E-state index contributed by atoms with van der Waals surface area (Å²) in [6.45, 7) is 5.78. The van der Waals surface area contributed by atoms with E-state index in [4.69, 9.17) is 15.2 Å². The molecule has 5 nitrogen and oxygen atoms in total. The molecule has 0 unspecified atom stereocenters. The molecule has 0 atom stereocenters. The number of rotatable bonds is 9. The summed E-state index contributed by atoms with van der Waals surface area (Å²) in [6, 6.07) is 12.7. The summed E-state index contributed by atoms with van der Waals surface area (Å²) >= 11 is 0. The predicted octanol–water partition coefficient (Wildman–Crippen LogP) is 4.40. The van der Waals surface area contributed by atoms with Crippen LogP contribution in [-0.4, -0.2) is 19.1 Å². The van der Waals surface area contributed by atoms with Crippen LogP contribution in [0.15, 0.2) is 42.5 Å². The normalized spacial score (nSPS) is 9.96. The first-order valence-corrected chi connectivity index (χ1v) is 8.68. The smallest absolute Gasteiger partial charge is 0.255 e. The van der Waals surface area contributed by atoms with Crippen molar-refractivity contribution in [3.63, 3.8) is 0 Å². The molecule has 0 aromatic heterocycles. The number of hydrogen-bond donors (Lipinski definition) is 2. The topological polar surface area (TPSA) is 73.6 Å². The third-order valence-corrected chi connectivity index (χ3v) is 3.58. The molecule has 1 amide bonds. The number of nitrogens with two attached hydrogens (primary N) is 1. The highest BCUT2D eigenvalue weighted by molar-refractivity contribution is 6.04. The molecule has 0 bridgehead atoms. The molecular weight excluding hydrogens is 352 g/mol. The Balaban J connectivity index is 0.00000338. The van der Waals surface area contributed by atoms with Crippen molar-refractivity contribution in [1.29, 1.82) is 0 Å². The fourth-order valence-electron chi connectivity index (χ4n) is 2.24. The van der Waals surface area contributed by atoms with Crippen LogP contribution in [0, 0.1) is 0 Å². The second kappa shape index (κ2) is 11.4. The largest absolute Gasteiger partial charge is 0.490 e. The molecule has 3 N–H and O–H groups in total. The van der Waals surface area contributed by atoms with E-state index in [1.165, 1.54) is 0 Å². The summed E-state index contributed by atoms with van der Waals surface area (Å²) in [5.74, 6) is 1.17. The van der Waals surface area contributed by atoms with Crippen molar-refractivity contribution in [3.05, 3.63) is 53.6 Å². The molecule has 0 fully saturated rings. The molecule has 6 heteroatoms. The van der Waals surface area contributed by atoms with Crippen molar-refractivity contribution in [3.8, 4) is 11.5 Å². The average Bonchev–Trinajstić information content (AvgIpc) is 2.65. The number of carbonyl (C=O) groups excluding carboxylic acids is 1. The van der Waals surface area contributed by atoms with E-state index in [0.29, 0.717) is 42.5 Å². The van der Waals surface area contributed by atoms with Gasteiger partial charge in [0.05, 0.1) is 13.2 Å². The molecule has 26 heavy (non-hydrogen) atoms. The Morgan fingerprint density at radius 1 is 0.962 bits per heavy atom. The molecule has 0 saturated heterocycles. The summed E-state index contributed by atoms with van der Waals surface area (Å²) < 4.78 is 11.5. The monoisotopic (exact) mass is 378 g/mol. The number of anilines is 1. The van der Waals surface area contributed by atoms with E-state index in [-0.39, 0.29) is 18.3 Å².